The number of nitrogens with zero attached hydrogens (tertiary/aromatic N) is 3. The van der Waals surface area contributed by atoms with Gasteiger partial charge in [0, 0.05) is 50.6 Å². The van der Waals surface area contributed by atoms with Crippen LogP contribution in [0.4, 0.5) is 24.7 Å². The van der Waals surface area contributed by atoms with E-state index in [-0.39, 0.29) is 0 Å². The predicted octanol–water partition coefficient (Wildman–Crippen LogP) is 4.85. The Morgan fingerprint density at radius 1 is 0.867 bits per heavy atom. The highest BCUT2D eigenvalue weighted by Crippen LogP contribution is 2.30. The van der Waals surface area contributed by atoms with Gasteiger partial charge in [0.05, 0.1) is 5.56 Å². The minimum absolute atomic E-state index is 0.414. The van der Waals surface area contributed by atoms with Crippen molar-refractivity contribution >= 4 is 11.5 Å². The lowest BCUT2D eigenvalue weighted by molar-refractivity contribution is -0.137. The quantitative estimate of drug-likeness (QED) is 0.752. The average molecular weight is 419 g/mol. The van der Waals surface area contributed by atoms with Crippen LogP contribution < -0.4 is 15.1 Å². The first-order valence-electron chi connectivity index (χ1n) is 10.8. The van der Waals surface area contributed by atoms with Crippen LogP contribution in [0.15, 0.2) is 42.6 Å². The first-order chi connectivity index (χ1) is 14.5. The van der Waals surface area contributed by atoms with E-state index in [0.29, 0.717) is 11.9 Å². The zero-order valence-corrected chi connectivity index (χ0v) is 17.2. The predicted molar refractivity (Wildman–Crippen MR) is 114 cm³/mol. The summed E-state index contributed by atoms with van der Waals surface area (Å²) in [6.45, 7) is 4.74. The summed E-state index contributed by atoms with van der Waals surface area (Å²) < 4.78 is 38.1. The monoisotopic (exact) mass is 418 g/mol. The van der Waals surface area contributed by atoms with Gasteiger partial charge in [0.1, 0.15) is 5.82 Å². The molecule has 4 nitrogen and oxygen atoms in total. The second-order valence-electron chi connectivity index (χ2n) is 8.26. The molecule has 2 aliphatic heterocycles. The zero-order chi connectivity index (χ0) is 21.0. The topological polar surface area (TPSA) is 31.4 Å². The van der Waals surface area contributed by atoms with E-state index in [1.807, 2.05) is 0 Å². The van der Waals surface area contributed by atoms with Gasteiger partial charge in [0.25, 0.3) is 0 Å². The van der Waals surface area contributed by atoms with E-state index in [4.69, 9.17) is 0 Å². The van der Waals surface area contributed by atoms with E-state index in [1.54, 1.807) is 0 Å². The molecular formula is C23H29F3N4. The van der Waals surface area contributed by atoms with E-state index in [2.05, 4.69) is 44.4 Å². The van der Waals surface area contributed by atoms with Crippen LogP contribution in [0, 0.1) is 0 Å². The molecule has 0 amide bonds. The number of hydrogen-bond donors (Lipinski definition) is 1. The Labute approximate surface area is 176 Å². The Morgan fingerprint density at radius 3 is 2.17 bits per heavy atom. The Morgan fingerprint density at radius 2 is 1.57 bits per heavy atom. The van der Waals surface area contributed by atoms with Gasteiger partial charge in [-0.1, -0.05) is 12.1 Å². The van der Waals surface area contributed by atoms with Gasteiger partial charge in [-0.05, 0) is 61.9 Å². The molecule has 2 saturated heterocycles. The fourth-order valence-corrected chi connectivity index (χ4v) is 4.29. The lowest BCUT2D eigenvalue weighted by Crippen LogP contribution is -2.42. The van der Waals surface area contributed by atoms with Gasteiger partial charge >= 0.3 is 6.18 Å². The minimum Gasteiger partial charge on any atom is -0.372 e. The molecule has 0 saturated carbocycles. The highest BCUT2D eigenvalue weighted by Gasteiger charge is 2.31. The van der Waals surface area contributed by atoms with Gasteiger partial charge < -0.3 is 15.1 Å². The van der Waals surface area contributed by atoms with Crippen molar-refractivity contribution in [3.63, 3.8) is 0 Å². The van der Waals surface area contributed by atoms with Crippen LogP contribution in [-0.2, 0) is 12.7 Å². The molecule has 0 bridgehead atoms. The first kappa shape index (κ1) is 21.0. The highest BCUT2D eigenvalue weighted by molar-refractivity contribution is 5.48. The van der Waals surface area contributed by atoms with Crippen LogP contribution in [-0.4, -0.2) is 37.2 Å². The van der Waals surface area contributed by atoms with E-state index in [1.165, 1.54) is 36.6 Å². The third-order valence-electron chi connectivity index (χ3n) is 6.15. The van der Waals surface area contributed by atoms with Crippen molar-refractivity contribution in [3.8, 4) is 0 Å². The van der Waals surface area contributed by atoms with Crippen molar-refractivity contribution in [1.29, 1.82) is 0 Å². The fourth-order valence-electron chi connectivity index (χ4n) is 4.29. The van der Waals surface area contributed by atoms with E-state index in [0.717, 1.165) is 57.8 Å². The molecule has 3 heterocycles. The number of halogens is 3. The molecule has 1 N–H and O–H groups in total. The first-order valence-corrected chi connectivity index (χ1v) is 10.8. The van der Waals surface area contributed by atoms with Crippen molar-refractivity contribution < 1.29 is 13.2 Å². The van der Waals surface area contributed by atoms with Crippen molar-refractivity contribution in [2.75, 3.05) is 36.0 Å². The minimum atomic E-state index is -4.34. The number of hydrogen-bond acceptors (Lipinski definition) is 4. The molecule has 1 aromatic carbocycles. The Bertz CT molecular complexity index is 791. The number of piperidine rings is 2. The summed E-state index contributed by atoms with van der Waals surface area (Å²) in [5.74, 6) is 0.620. The molecule has 0 unspecified atom stereocenters. The van der Waals surface area contributed by atoms with Gasteiger partial charge in [-0.3, -0.25) is 0 Å². The zero-order valence-electron chi connectivity index (χ0n) is 17.2. The number of pyridine rings is 1. The molecule has 30 heavy (non-hydrogen) atoms. The van der Waals surface area contributed by atoms with Gasteiger partial charge in [-0.25, -0.2) is 4.98 Å². The standard InChI is InChI=1S/C23H29F3N4/c24-23(25,26)19-6-9-22(28-17-19)30-14-10-20(11-15-30)27-16-18-4-7-21(8-5-18)29-12-2-1-3-13-29/h4-9,17,20,27H,1-3,10-16H2. The summed E-state index contributed by atoms with van der Waals surface area (Å²) in [5.41, 5.74) is 1.90. The number of anilines is 2. The maximum atomic E-state index is 12.7. The molecule has 0 radical (unpaired) electrons. The third kappa shape index (κ3) is 5.25. The maximum Gasteiger partial charge on any atom is 0.417 e. The van der Waals surface area contributed by atoms with Crippen LogP contribution in [0.2, 0.25) is 0 Å². The molecule has 1 aromatic heterocycles. The molecule has 0 atom stereocenters. The number of aromatic nitrogens is 1. The summed E-state index contributed by atoms with van der Waals surface area (Å²) in [4.78, 5) is 8.54. The number of benzene rings is 1. The molecule has 2 aliphatic rings. The fraction of sp³-hybridized carbons (Fsp3) is 0.522. The molecule has 0 spiro atoms. The van der Waals surface area contributed by atoms with Crippen molar-refractivity contribution in [2.24, 2.45) is 0 Å². The molecule has 7 heteroatoms. The summed E-state index contributed by atoms with van der Waals surface area (Å²) in [7, 11) is 0. The van der Waals surface area contributed by atoms with E-state index >= 15 is 0 Å². The molecule has 162 valence electrons. The molecular weight excluding hydrogens is 389 g/mol. The SMILES string of the molecule is FC(F)(F)c1ccc(N2CCC(NCc3ccc(N4CCCCC4)cc3)CC2)nc1. The van der Waals surface area contributed by atoms with Crippen molar-refractivity contribution in [3.05, 3.63) is 53.7 Å². The molecule has 2 aromatic rings. The lowest BCUT2D eigenvalue weighted by atomic mass is 10.0. The van der Waals surface area contributed by atoms with E-state index < -0.39 is 11.7 Å². The number of rotatable bonds is 5. The molecule has 2 fully saturated rings. The number of alkyl halides is 3. The van der Waals surface area contributed by atoms with Gasteiger partial charge in [-0.2, -0.15) is 13.2 Å². The maximum absolute atomic E-state index is 12.7. The molecule has 0 aliphatic carbocycles. The normalized spacial score (nSPS) is 18.6. The average Bonchev–Trinajstić information content (AvgIpc) is 2.78. The van der Waals surface area contributed by atoms with Crippen LogP contribution in [0.25, 0.3) is 0 Å². The number of nitrogens with one attached hydrogen (secondary N) is 1. The second kappa shape index (κ2) is 9.25. The van der Waals surface area contributed by atoms with Gasteiger partial charge in [0.2, 0.25) is 0 Å². The third-order valence-corrected chi connectivity index (χ3v) is 6.15. The van der Waals surface area contributed by atoms with Crippen LogP contribution in [0.3, 0.4) is 0 Å². The van der Waals surface area contributed by atoms with Gasteiger partial charge in [0.15, 0.2) is 0 Å². The Kier molecular flexibility index (Phi) is 6.46. The lowest BCUT2D eigenvalue weighted by Gasteiger charge is -2.33. The van der Waals surface area contributed by atoms with Crippen molar-refractivity contribution in [2.45, 2.75) is 50.9 Å². The summed E-state index contributed by atoms with van der Waals surface area (Å²) >= 11 is 0. The smallest absolute Gasteiger partial charge is 0.372 e. The molecule has 4 rings (SSSR count). The van der Waals surface area contributed by atoms with Gasteiger partial charge in [-0.15, -0.1) is 0 Å². The van der Waals surface area contributed by atoms with Crippen LogP contribution >= 0.6 is 0 Å². The van der Waals surface area contributed by atoms with Crippen LogP contribution in [0.5, 0.6) is 0 Å². The Hall–Kier alpha value is -2.28. The summed E-state index contributed by atoms with van der Waals surface area (Å²) in [6, 6.07) is 11.9. The Balaban J connectivity index is 1.23. The van der Waals surface area contributed by atoms with E-state index in [9.17, 15) is 13.2 Å². The second-order valence-corrected chi connectivity index (χ2v) is 8.26. The van der Waals surface area contributed by atoms with Crippen LogP contribution in [0.1, 0.15) is 43.2 Å². The highest BCUT2D eigenvalue weighted by atomic mass is 19.4. The summed E-state index contributed by atoms with van der Waals surface area (Å²) in [6.07, 6.45) is 2.39. The van der Waals surface area contributed by atoms with Crippen molar-refractivity contribution in [1.82, 2.24) is 10.3 Å². The summed E-state index contributed by atoms with van der Waals surface area (Å²) in [5, 5.41) is 3.63. The largest absolute Gasteiger partial charge is 0.417 e.